The van der Waals surface area contributed by atoms with Crippen LogP contribution in [0.1, 0.15) is 19.8 Å². The molecule has 8 heteroatoms. The van der Waals surface area contributed by atoms with Gasteiger partial charge in [-0.05, 0) is 31.9 Å². The number of aromatic amines is 1. The normalized spacial score (nSPS) is 17.1. The summed E-state index contributed by atoms with van der Waals surface area (Å²) >= 11 is 6.04. The van der Waals surface area contributed by atoms with Gasteiger partial charge in [0.25, 0.3) is 0 Å². The van der Waals surface area contributed by atoms with E-state index in [1.807, 2.05) is 31.2 Å². The van der Waals surface area contributed by atoms with E-state index in [-0.39, 0.29) is 12.2 Å². The van der Waals surface area contributed by atoms with Crippen LogP contribution in [0.15, 0.2) is 30.5 Å². The zero-order valence-electron chi connectivity index (χ0n) is 15.7. The number of nitrogens with zero attached hydrogens (tertiary/aromatic N) is 3. The van der Waals surface area contributed by atoms with E-state index in [1.165, 1.54) is 6.20 Å². The quantitative estimate of drug-likeness (QED) is 0.607. The number of aliphatic hydroxyl groups is 1. The number of nitrogens with two attached hydrogens (primary N) is 1. The molecule has 1 saturated heterocycles. The van der Waals surface area contributed by atoms with Crippen molar-refractivity contribution >= 4 is 28.5 Å². The molecule has 7 nitrogen and oxygen atoms in total. The average Bonchev–Trinajstić information content (AvgIpc) is 3.11. The van der Waals surface area contributed by atoms with Crippen molar-refractivity contribution in [2.75, 3.05) is 25.4 Å². The minimum Gasteiger partial charge on any atom is -0.490 e. The van der Waals surface area contributed by atoms with E-state index < -0.39 is 0 Å². The van der Waals surface area contributed by atoms with Gasteiger partial charge in [0.15, 0.2) is 5.65 Å². The van der Waals surface area contributed by atoms with E-state index in [4.69, 9.17) is 22.1 Å². The third-order valence-electron chi connectivity index (χ3n) is 4.98. The molecule has 0 amide bonds. The number of nitrogen functional groups attached to an aromatic ring is 1. The molecule has 3 aromatic rings. The summed E-state index contributed by atoms with van der Waals surface area (Å²) in [4.78, 5) is 14.2. The van der Waals surface area contributed by atoms with Crippen LogP contribution >= 0.6 is 11.6 Å². The fourth-order valence-electron chi connectivity index (χ4n) is 3.58. The van der Waals surface area contributed by atoms with Gasteiger partial charge in [-0.15, -0.1) is 0 Å². The van der Waals surface area contributed by atoms with Crippen molar-refractivity contribution in [1.82, 2.24) is 19.9 Å². The lowest BCUT2D eigenvalue weighted by Crippen LogP contribution is -2.41. The first kappa shape index (κ1) is 19.0. The highest BCUT2D eigenvalue weighted by Gasteiger charge is 2.21. The molecule has 1 aliphatic rings. The standard InChI is InChI=1S/C20H24ClN5O2/c1-12(27)11-26-7-5-14(6-8-26)28-15-4-2-3-13(9-15)19-24-18-17(22)16(21)10-23-20(18)25-19/h2-4,9-10,12,14,27H,5-8,11H2,1H3,(H3,22,23,24,25). The molecule has 0 saturated carbocycles. The Morgan fingerprint density at radius 2 is 2.18 bits per heavy atom. The number of H-pyrrole nitrogens is 1. The molecule has 1 fully saturated rings. The number of piperidine rings is 1. The van der Waals surface area contributed by atoms with Crippen LogP contribution < -0.4 is 10.5 Å². The molecule has 1 aromatic carbocycles. The van der Waals surface area contributed by atoms with E-state index in [2.05, 4.69) is 19.9 Å². The van der Waals surface area contributed by atoms with Gasteiger partial charge in [0.1, 0.15) is 23.2 Å². The Labute approximate surface area is 168 Å². The molecule has 0 radical (unpaired) electrons. The van der Waals surface area contributed by atoms with E-state index in [0.717, 1.165) is 43.8 Å². The van der Waals surface area contributed by atoms with Gasteiger partial charge >= 0.3 is 0 Å². The molecule has 1 unspecified atom stereocenters. The smallest absolute Gasteiger partial charge is 0.180 e. The predicted octanol–water partition coefficient (Wildman–Crippen LogP) is 3.08. The Hall–Kier alpha value is -2.35. The molecule has 4 rings (SSSR count). The van der Waals surface area contributed by atoms with Gasteiger partial charge in [-0.3, -0.25) is 0 Å². The number of hydrogen-bond donors (Lipinski definition) is 3. The number of hydrogen-bond acceptors (Lipinski definition) is 6. The second-order valence-electron chi connectivity index (χ2n) is 7.30. The van der Waals surface area contributed by atoms with Gasteiger partial charge in [-0.25, -0.2) is 9.97 Å². The molecule has 28 heavy (non-hydrogen) atoms. The highest BCUT2D eigenvalue weighted by molar-refractivity contribution is 6.34. The van der Waals surface area contributed by atoms with E-state index in [1.54, 1.807) is 0 Å². The molecule has 1 aliphatic heterocycles. The molecule has 0 spiro atoms. The maximum Gasteiger partial charge on any atom is 0.180 e. The second kappa shape index (κ2) is 7.95. The van der Waals surface area contributed by atoms with Crippen molar-refractivity contribution in [2.45, 2.75) is 32.0 Å². The van der Waals surface area contributed by atoms with Gasteiger partial charge in [-0.2, -0.15) is 0 Å². The summed E-state index contributed by atoms with van der Waals surface area (Å²) in [6.45, 7) is 4.41. The average molecular weight is 402 g/mol. The van der Waals surface area contributed by atoms with Crippen molar-refractivity contribution in [3.8, 4) is 17.1 Å². The monoisotopic (exact) mass is 401 g/mol. The first-order chi connectivity index (χ1) is 13.5. The van der Waals surface area contributed by atoms with Gasteiger partial charge in [0.05, 0.1) is 23.0 Å². The van der Waals surface area contributed by atoms with Crippen LogP contribution in [-0.2, 0) is 0 Å². The lowest BCUT2D eigenvalue weighted by Gasteiger charge is -2.32. The van der Waals surface area contributed by atoms with Gasteiger partial charge < -0.3 is 25.5 Å². The maximum absolute atomic E-state index is 9.53. The summed E-state index contributed by atoms with van der Waals surface area (Å²) in [6.07, 6.45) is 3.28. The van der Waals surface area contributed by atoms with Crippen LogP contribution in [0.25, 0.3) is 22.6 Å². The van der Waals surface area contributed by atoms with Crippen LogP contribution in [0.3, 0.4) is 0 Å². The number of aromatic nitrogens is 3. The summed E-state index contributed by atoms with van der Waals surface area (Å²) in [5.74, 6) is 1.49. The van der Waals surface area contributed by atoms with E-state index >= 15 is 0 Å². The molecule has 3 heterocycles. The number of fused-ring (bicyclic) bond motifs is 1. The Balaban J connectivity index is 1.47. The fourth-order valence-corrected chi connectivity index (χ4v) is 3.72. The number of rotatable bonds is 5. The fraction of sp³-hybridized carbons (Fsp3) is 0.400. The summed E-state index contributed by atoms with van der Waals surface area (Å²) in [6, 6.07) is 7.84. The summed E-state index contributed by atoms with van der Waals surface area (Å²) in [5, 5.41) is 9.93. The number of nitrogens with one attached hydrogen (secondary N) is 1. The van der Waals surface area contributed by atoms with Crippen molar-refractivity contribution in [3.05, 3.63) is 35.5 Å². The third-order valence-corrected chi connectivity index (χ3v) is 5.28. The minimum absolute atomic E-state index is 0.173. The second-order valence-corrected chi connectivity index (χ2v) is 7.71. The van der Waals surface area contributed by atoms with Crippen molar-refractivity contribution in [2.24, 2.45) is 0 Å². The van der Waals surface area contributed by atoms with E-state index in [9.17, 15) is 5.11 Å². The van der Waals surface area contributed by atoms with Gasteiger partial charge in [-0.1, -0.05) is 23.7 Å². The molecule has 0 aliphatic carbocycles. The summed E-state index contributed by atoms with van der Waals surface area (Å²) < 4.78 is 6.20. The summed E-state index contributed by atoms with van der Waals surface area (Å²) in [7, 11) is 0. The number of benzene rings is 1. The number of halogens is 1. The van der Waals surface area contributed by atoms with Gasteiger partial charge in [0, 0.05) is 25.2 Å². The Morgan fingerprint density at radius 1 is 1.39 bits per heavy atom. The first-order valence-electron chi connectivity index (χ1n) is 9.47. The van der Waals surface area contributed by atoms with Crippen molar-refractivity contribution < 1.29 is 9.84 Å². The lowest BCUT2D eigenvalue weighted by atomic mass is 10.1. The van der Waals surface area contributed by atoms with Crippen LogP contribution in [0.4, 0.5) is 5.69 Å². The van der Waals surface area contributed by atoms with E-state index in [0.29, 0.717) is 27.7 Å². The third kappa shape index (κ3) is 4.06. The van der Waals surface area contributed by atoms with Crippen LogP contribution in [0.5, 0.6) is 5.75 Å². The number of pyridine rings is 1. The molecule has 148 valence electrons. The number of imidazole rings is 1. The predicted molar refractivity (Wildman–Crippen MR) is 111 cm³/mol. The molecular weight excluding hydrogens is 378 g/mol. The Bertz CT molecular complexity index is 966. The lowest BCUT2D eigenvalue weighted by molar-refractivity contribution is 0.0673. The van der Waals surface area contributed by atoms with Crippen molar-refractivity contribution in [3.63, 3.8) is 0 Å². The highest BCUT2D eigenvalue weighted by atomic mass is 35.5. The Kier molecular flexibility index (Phi) is 5.39. The van der Waals surface area contributed by atoms with Crippen LogP contribution in [0.2, 0.25) is 5.02 Å². The maximum atomic E-state index is 9.53. The number of aliphatic hydroxyl groups excluding tert-OH is 1. The number of β-amino-alcohol motifs (C(OH)–C–C–N with tert-alkyl or cyclic N) is 1. The highest BCUT2D eigenvalue weighted by Crippen LogP contribution is 2.29. The molecule has 1 atom stereocenters. The topological polar surface area (TPSA) is 100 Å². The van der Waals surface area contributed by atoms with Crippen LogP contribution in [-0.4, -0.2) is 56.8 Å². The zero-order chi connectivity index (χ0) is 19.7. The number of likely N-dealkylation sites (tertiary alicyclic amines) is 1. The first-order valence-corrected chi connectivity index (χ1v) is 9.84. The molecular formula is C20H24ClN5O2. The zero-order valence-corrected chi connectivity index (χ0v) is 16.5. The van der Waals surface area contributed by atoms with Gasteiger partial charge in [0.2, 0.25) is 0 Å². The van der Waals surface area contributed by atoms with Crippen LogP contribution in [0, 0.1) is 0 Å². The molecule has 4 N–H and O–H groups in total. The largest absolute Gasteiger partial charge is 0.490 e. The minimum atomic E-state index is -0.295. The van der Waals surface area contributed by atoms with Crippen molar-refractivity contribution in [1.29, 1.82) is 0 Å². The number of ether oxygens (including phenoxy) is 1. The number of anilines is 1. The SMILES string of the molecule is CC(O)CN1CCC(Oc2cccc(-c3nc4ncc(Cl)c(N)c4[nH]3)c2)CC1. The summed E-state index contributed by atoms with van der Waals surface area (Å²) in [5.41, 5.74) is 8.54. The molecule has 2 aromatic heterocycles. The molecule has 0 bridgehead atoms. The Morgan fingerprint density at radius 3 is 2.93 bits per heavy atom.